The quantitative estimate of drug-likeness (QED) is 0.441. The summed E-state index contributed by atoms with van der Waals surface area (Å²) >= 11 is 0. The molecule has 2 aromatic carbocycles. The van der Waals surface area contributed by atoms with Crippen LogP contribution in [0.15, 0.2) is 40.8 Å². The fourth-order valence-electron chi connectivity index (χ4n) is 3.46. The topological polar surface area (TPSA) is 142 Å². The predicted molar refractivity (Wildman–Crippen MR) is 118 cm³/mol. The SMILES string of the molecule is CN(C)C(=O)c1cccc(NC2=NS(=O)(=O)NC2N[C@@H](c2ccc3c(c2)OCO3)C(F)(F)F)c1O. The van der Waals surface area contributed by atoms with Gasteiger partial charge in [0, 0.05) is 14.1 Å². The molecule has 2 heterocycles. The first-order chi connectivity index (χ1) is 16.4. The van der Waals surface area contributed by atoms with Gasteiger partial charge in [-0.3, -0.25) is 10.1 Å². The highest BCUT2D eigenvalue weighted by molar-refractivity contribution is 7.88. The summed E-state index contributed by atoms with van der Waals surface area (Å²) in [5.74, 6) is -1.14. The van der Waals surface area contributed by atoms with Crippen LogP contribution in [0.5, 0.6) is 17.2 Å². The fraction of sp³-hybridized carbons (Fsp3) is 0.300. The molecule has 188 valence electrons. The molecule has 0 aliphatic carbocycles. The zero-order valence-electron chi connectivity index (χ0n) is 18.3. The zero-order valence-corrected chi connectivity index (χ0v) is 19.1. The van der Waals surface area contributed by atoms with Gasteiger partial charge in [-0.2, -0.15) is 26.3 Å². The molecule has 0 aromatic heterocycles. The van der Waals surface area contributed by atoms with Gasteiger partial charge in [0.25, 0.3) is 5.91 Å². The lowest BCUT2D eigenvalue weighted by atomic mass is 10.1. The number of alkyl halides is 3. The summed E-state index contributed by atoms with van der Waals surface area (Å²) in [6, 6.07) is 5.36. The second-order valence-electron chi connectivity index (χ2n) is 7.78. The number of hydrogen-bond acceptors (Lipinski definition) is 8. The number of carbonyl (C=O) groups excluding carboxylic acids is 1. The minimum Gasteiger partial charge on any atom is -0.505 e. The van der Waals surface area contributed by atoms with E-state index in [4.69, 9.17) is 9.47 Å². The van der Waals surface area contributed by atoms with E-state index in [-0.39, 0.29) is 35.1 Å². The highest BCUT2D eigenvalue weighted by atomic mass is 32.2. The summed E-state index contributed by atoms with van der Waals surface area (Å²) < 4.78 is 81.8. The number of nitrogens with one attached hydrogen (secondary N) is 3. The van der Waals surface area contributed by atoms with Crippen LogP contribution in [0.1, 0.15) is 22.0 Å². The van der Waals surface area contributed by atoms with Gasteiger partial charge in [-0.05, 0) is 29.8 Å². The molecular weight excluding hydrogens is 495 g/mol. The molecular formula is C20H20F3N5O6S. The highest BCUT2D eigenvalue weighted by Crippen LogP contribution is 2.39. The van der Waals surface area contributed by atoms with E-state index in [2.05, 4.69) is 15.0 Å². The molecule has 35 heavy (non-hydrogen) atoms. The third-order valence-electron chi connectivity index (χ3n) is 5.08. The van der Waals surface area contributed by atoms with Crippen molar-refractivity contribution in [1.29, 1.82) is 0 Å². The molecule has 11 nitrogen and oxygen atoms in total. The maximum atomic E-state index is 14.0. The molecule has 2 aromatic rings. The smallest absolute Gasteiger partial charge is 0.407 e. The molecule has 4 rings (SSSR count). The molecule has 1 amide bonds. The second-order valence-corrected chi connectivity index (χ2v) is 9.15. The summed E-state index contributed by atoms with van der Waals surface area (Å²) in [7, 11) is -1.43. The van der Waals surface area contributed by atoms with Crippen LogP contribution in [0.2, 0.25) is 0 Å². The first-order valence-corrected chi connectivity index (χ1v) is 11.4. The second kappa shape index (κ2) is 8.90. The summed E-state index contributed by atoms with van der Waals surface area (Å²) in [5.41, 5.74) is -0.491. The minimum atomic E-state index is -4.84. The number of fused-ring (bicyclic) bond motifs is 1. The van der Waals surface area contributed by atoms with Crippen LogP contribution < -0.4 is 24.8 Å². The van der Waals surface area contributed by atoms with Crippen molar-refractivity contribution in [3.8, 4) is 17.2 Å². The number of carbonyl (C=O) groups is 1. The van der Waals surface area contributed by atoms with Gasteiger partial charge in [0.15, 0.2) is 23.1 Å². The van der Waals surface area contributed by atoms with Crippen molar-refractivity contribution in [3.05, 3.63) is 47.5 Å². The Balaban J connectivity index is 1.64. The van der Waals surface area contributed by atoms with Crippen molar-refractivity contribution in [2.45, 2.75) is 18.4 Å². The maximum Gasteiger partial charge on any atom is 0.407 e. The Bertz CT molecular complexity index is 1300. The number of benzene rings is 2. The number of aromatic hydroxyl groups is 1. The number of para-hydroxylation sites is 1. The lowest BCUT2D eigenvalue weighted by Crippen LogP contribution is -2.51. The van der Waals surface area contributed by atoms with Gasteiger partial charge in [-0.25, -0.2) is 0 Å². The van der Waals surface area contributed by atoms with Gasteiger partial charge in [-0.1, -0.05) is 12.1 Å². The molecule has 2 atom stereocenters. The summed E-state index contributed by atoms with van der Waals surface area (Å²) in [6.07, 6.45) is -6.49. The van der Waals surface area contributed by atoms with Gasteiger partial charge >= 0.3 is 16.4 Å². The summed E-state index contributed by atoms with van der Waals surface area (Å²) in [4.78, 5) is 13.5. The van der Waals surface area contributed by atoms with Crippen LogP contribution in [0, 0.1) is 0 Å². The molecule has 0 saturated carbocycles. The third kappa shape index (κ3) is 5.11. The molecule has 0 radical (unpaired) electrons. The average Bonchev–Trinajstić information content (AvgIpc) is 3.34. The van der Waals surface area contributed by atoms with Crippen molar-refractivity contribution in [2.24, 2.45) is 4.40 Å². The Morgan fingerprint density at radius 1 is 1.23 bits per heavy atom. The van der Waals surface area contributed by atoms with E-state index in [9.17, 15) is 31.5 Å². The number of hydrogen-bond donors (Lipinski definition) is 4. The molecule has 0 bridgehead atoms. The predicted octanol–water partition coefficient (Wildman–Crippen LogP) is 1.70. The van der Waals surface area contributed by atoms with E-state index in [1.807, 2.05) is 4.72 Å². The molecule has 0 saturated heterocycles. The Labute approximate surface area is 197 Å². The number of anilines is 1. The van der Waals surface area contributed by atoms with E-state index in [1.54, 1.807) is 0 Å². The molecule has 15 heteroatoms. The van der Waals surface area contributed by atoms with E-state index < -0.39 is 46.1 Å². The number of nitrogens with zero attached hydrogens (tertiary/aromatic N) is 2. The molecule has 1 unspecified atom stereocenters. The van der Waals surface area contributed by atoms with Crippen molar-refractivity contribution in [1.82, 2.24) is 14.9 Å². The van der Waals surface area contributed by atoms with Gasteiger partial charge < -0.3 is 24.8 Å². The molecule has 0 fully saturated rings. The van der Waals surface area contributed by atoms with E-state index in [0.717, 1.165) is 6.07 Å². The Morgan fingerprint density at radius 3 is 2.63 bits per heavy atom. The normalized spacial score (nSPS) is 19.2. The Morgan fingerprint density at radius 2 is 1.94 bits per heavy atom. The molecule has 4 N–H and O–H groups in total. The van der Waals surface area contributed by atoms with Crippen molar-refractivity contribution >= 4 is 27.6 Å². The van der Waals surface area contributed by atoms with Crippen LogP contribution in [0.4, 0.5) is 18.9 Å². The van der Waals surface area contributed by atoms with Crippen LogP contribution >= 0.6 is 0 Å². The standard InChI is InChI=1S/C20H20F3N5O6S/c1-28(2)19(30)11-4-3-5-12(15(11)29)24-17-18(27-35(31,32)26-17)25-16(20(21,22)23)10-6-7-13-14(8-10)34-9-33-13/h3-8,16,18,25,27,29H,9H2,1-2H3,(H,24,26)/t16-,18?/m0/s1. The van der Waals surface area contributed by atoms with Crippen LogP contribution in [-0.2, 0) is 10.2 Å². The van der Waals surface area contributed by atoms with Crippen LogP contribution in [0.3, 0.4) is 0 Å². The fourth-order valence-corrected chi connectivity index (χ4v) is 4.40. The van der Waals surface area contributed by atoms with E-state index in [1.165, 1.54) is 49.3 Å². The van der Waals surface area contributed by atoms with Gasteiger partial charge in [0.05, 0.1) is 11.3 Å². The number of phenolic OH excluding ortho intramolecular Hbond substituents is 1. The maximum absolute atomic E-state index is 14.0. The summed E-state index contributed by atoms with van der Waals surface area (Å²) in [6.45, 7) is -0.134. The molecule has 0 spiro atoms. The first-order valence-electron chi connectivity index (χ1n) is 10.0. The Kier molecular flexibility index (Phi) is 6.25. The largest absolute Gasteiger partial charge is 0.505 e. The third-order valence-corrected chi connectivity index (χ3v) is 6.06. The lowest BCUT2D eigenvalue weighted by molar-refractivity contribution is -0.158. The van der Waals surface area contributed by atoms with Crippen molar-refractivity contribution < 1.29 is 41.0 Å². The number of amides is 1. The number of amidine groups is 1. The first kappa shape index (κ1) is 24.6. The zero-order chi connectivity index (χ0) is 25.5. The average molecular weight is 515 g/mol. The van der Waals surface area contributed by atoms with Crippen LogP contribution in [-0.4, -0.2) is 63.4 Å². The van der Waals surface area contributed by atoms with Gasteiger partial charge in [0.1, 0.15) is 12.2 Å². The van der Waals surface area contributed by atoms with Crippen LogP contribution in [0.25, 0.3) is 0 Å². The van der Waals surface area contributed by atoms with E-state index in [0.29, 0.717) is 0 Å². The monoisotopic (exact) mass is 515 g/mol. The minimum absolute atomic E-state index is 0.104. The lowest BCUT2D eigenvalue weighted by Gasteiger charge is -2.26. The van der Waals surface area contributed by atoms with Gasteiger partial charge in [0.2, 0.25) is 6.79 Å². The number of halogens is 3. The number of ether oxygens (including phenoxy) is 2. The van der Waals surface area contributed by atoms with Gasteiger partial charge in [-0.15, -0.1) is 4.40 Å². The highest BCUT2D eigenvalue weighted by Gasteiger charge is 2.45. The molecule has 2 aliphatic rings. The number of phenols is 1. The molecule has 2 aliphatic heterocycles. The van der Waals surface area contributed by atoms with Crippen molar-refractivity contribution in [2.75, 3.05) is 26.2 Å². The van der Waals surface area contributed by atoms with Crippen molar-refractivity contribution in [3.63, 3.8) is 0 Å². The van der Waals surface area contributed by atoms with E-state index >= 15 is 0 Å². The number of rotatable bonds is 5. The summed E-state index contributed by atoms with van der Waals surface area (Å²) in [5, 5.41) is 15.2. The Hall–Kier alpha value is -3.56.